The summed E-state index contributed by atoms with van der Waals surface area (Å²) in [4.78, 5) is 14.7. The molecule has 1 saturated heterocycles. The summed E-state index contributed by atoms with van der Waals surface area (Å²) in [6.45, 7) is 5.49. The highest BCUT2D eigenvalue weighted by atomic mass is 16.2. The van der Waals surface area contributed by atoms with E-state index in [0.717, 1.165) is 18.5 Å². The number of carbonyl (C=O) groups is 1. The second kappa shape index (κ2) is 6.58. The molecule has 0 spiro atoms. The molecule has 2 rings (SSSR count). The normalized spacial score (nSPS) is 22.1. The Morgan fingerprint density at radius 2 is 2.15 bits per heavy atom. The molecule has 1 amide bonds. The Kier molecular flexibility index (Phi) is 4.81. The van der Waals surface area contributed by atoms with E-state index in [0.29, 0.717) is 18.0 Å². The summed E-state index contributed by atoms with van der Waals surface area (Å²) >= 11 is 0. The summed E-state index contributed by atoms with van der Waals surface area (Å²) in [7, 11) is 0. The molecule has 2 N–H and O–H groups in total. The monoisotopic (exact) mass is 270 g/mol. The minimum absolute atomic E-state index is 0.0889. The van der Waals surface area contributed by atoms with Gasteiger partial charge in [-0.05, 0) is 37.8 Å². The molecule has 106 valence electrons. The molecule has 1 heterocycles. The molecule has 0 saturated carbocycles. The van der Waals surface area contributed by atoms with Gasteiger partial charge in [0.05, 0.1) is 12.1 Å². The fourth-order valence-corrected chi connectivity index (χ4v) is 2.70. The van der Waals surface area contributed by atoms with Crippen molar-refractivity contribution < 1.29 is 4.79 Å². The summed E-state index contributed by atoms with van der Waals surface area (Å²) in [5, 5.41) is 0. The number of amides is 1. The van der Waals surface area contributed by atoms with Crippen LogP contribution in [0.25, 0.3) is 0 Å². The minimum atomic E-state index is 0.0889. The third-order valence-electron chi connectivity index (χ3n) is 4.12. The number of nitrogens with two attached hydrogens (primary N) is 1. The van der Waals surface area contributed by atoms with Gasteiger partial charge in [-0.1, -0.05) is 30.9 Å². The van der Waals surface area contributed by atoms with Crippen molar-refractivity contribution in [2.24, 2.45) is 11.7 Å². The molecular formula is C17H22N2O. The van der Waals surface area contributed by atoms with Gasteiger partial charge in [0.25, 0.3) is 5.91 Å². The lowest BCUT2D eigenvalue weighted by molar-refractivity contribution is 0.0551. The highest BCUT2D eigenvalue weighted by Crippen LogP contribution is 2.25. The molecule has 0 radical (unpaired) electrons. The first kappa shape index (κ1) is 14.6. The second-order valence-electron chi connectivity index (χ2n) is 5.41. The van der Waals surface area contributed by atoms with E-state index >= 15 is 0 Å². The first-order valence-corrected chi connectivity index (χ1v) is 7.24. The maximum absolute atomic E-state index is 12.8. The van der Waals surface area contributed by atoms with E-state index < -0.39 is 0 Å². The quantitative estimate of drug-likeness (QED) is 0.796. The Hall–Kier alpha value is -1.79. The van der Waals surface area contributed by atoms with E-state index in [1.165, 1.54) is 6.42 Å². The average Bonchev–Trinajstić information content (AvgIpc) is 2.47. The Labute approximate surface area is 121 Å². The van der Waals surface area contributed by atoms with Gasteiger partial charge >= 0.3 is 0 Å². The van der Waals surface area contributed by atoms with Crippen molar-refractivity contribution in [2.75, 3.05) is 13.1 Å². The van der Waals surface area contributed by atoms with Crippen molar-refractivity contribution in [3.8, 4) is 11.8 Å². The molecule has 2 unspecified atom stereocenters. The van der Waals surface area contributed by atoms with Crippen LogP contribution in [0.4, 0.5) is 0 Å². The molecule has 20 heavy (non-hydrogen) atoms. The standard InChI is InChI=1S/C17H22N2O/c1-13-7-6-12-19(14(13)2)17(20)16-10-4-3-8-15(16)9-5-11-18/h3-4,8,10,13-14H,6-7,11-12,18H2,1-2H3. The van der Waals surface area contributed by atoms with Crippen LogP contribution in [0.1, 0.15) is 42.6 Å². The number of hydrogen-bond donors (Lipinski definition) is 1. The van der Waals surface area contributed by atoms with Gasteiger partial charge in [-0.15, -0.1) is 0 Å². The van der Waals surface area contributed by atoms with Crippen molar-refractivity contribution in [3.05, 3.63) is 35.4 Å². The molecule has 0 aromatic heterocycles. The lowest BCUT2D eigenvalue weighted by Crippen LogP contribution is -2.46. The summed E-state index contributed by atoms with van der Waals surface area (Å²) in [5.74, 6) is 6.47. The van der Waals surface area contributed by atoms with Crippen molar-refractivity contribution in [1.29, 1.82) is 0 Å². The van der Waals surface area contributed by atoms with Crippen LogP contribution in [0.15, 0.2) is 24.3 Å². The molecule has 1 aliphatic heterocycles. The maximum Gasteiger partial charge on any atom is 0.255 e. The van der Waals surface area contributed by atoms with Crippen LogP contribution in [-0.4, -0.2) is 29.9 Å². The fraction of sp³-hybridized carbons (Fsp3) is 0.471. The number of carbonyl (C=O) groups excluding carboxylic acids is 1. The van der Waals surface area contributed by atoms with Gasteiger partial charge in [-0.25, -0.2) is 0 Å². The second-order valence-corrected chi connectivity index (χ2v) is 5.41. The number of hydrogen-bond acceptors (Lipinski definition) is 2. The van der Waals surface area contributed by atoms with Gasteiger partial charge in [-0.2, -0.15) is 0 Å². The zero-order valence-corrected chi connectivity index (χ0v) is 12.2. The molecular weight excluding hydrogens is 248 g/mol. The molecule has 3 heteroatoms. The number of rotatable bonds is 1. The molecule has 1 aromatic rings. The third kappa shape index (κ3) is 3.02. The molecule has 0 aliphatic carbocycles. The van der Waals surface area contributed by atoms with Crippen molar-refractivity contribution in [1.82, 2.24) is 4.90 Å². The van der Waals surface area contributed by atoms with Crippen molar-refractivity contribution in [2.45, 2.75) is 32.7 Å². The Morgan fingerprint density at radius 1 is 1.40 bits per heavy atom. The maximum atomic E-state index is 12.8. The van der Waals surface area contributed by atoms with E-state index in [2.05, 4.69) is 25.7 Å². The smallest absolute Gasteiger partial charge is 0.255 e. The average molecular weight is 270 g/mol. The van der Waals surface area contributed by atoms with E-state index in [9.17, 15) is 4.79 Å². The van der Waals surface area contributed by atoms with E-state index in [1.807, 2.05) is 29.2 Å². The van der Waals surface area contributed by atoms with Crippen LogP contribution in [0.2, 0.25) is 0 Å². The predicted molar refractivity (Wildman–Crippen MR) is 81.3 cm³/mol. The van der Waals surface area contributed by atoms with Crippen LogP contribution >= 0.6 is 0 Å². The molecule has 0 bridgehead atoms. The van der Waals surface area contributed by atoms with Gasteiger partial charge in [0.2, 0.25) is 0 Å². The number of piperidine rings is 1. The molecule has 1 aromatic carbocycles. The SMILES string of the molecule is CC1CCCN(C(=O)c2ccccc2C#CCN)C1C. The minimum Gasteiger partial charge on any atom is -0.336 e. The van der Waals surface area contributed by atoms with Crippen LogP contribution in [-0.2, 0) is 0 Å². The highest BCUT2D eigenvalue weighted by molar-refractivity contribution is 5.97. The van der Waals surface area contributed by atoms with E-state index in [1.54, 1.807) is 0 Å². The van der Waals surface area contributed by atoms with E-state index in [-0.39, 0.29) is 11.9 Å². The topological polar surface area (TPSA) is 46.3 Å². The highest BCUT2D eigenvalue weighted by Gasteiger charge is 2.29. The largest absolute Gasteiger partial charge is 0.336 e. The molecule has 1 aliphatic rings. The van der Waals surface area contributed by atoms with Gasteiger partial charge in [0.1, 0.15) is 0 Å². The lowest BCUT2D eigenvalue weighted by atomic mass is 9.91. The van der Waals surface area contributed by atoms with Crippen molar-refractivity contribution in [3.63, 3.8) is 0 Å². The van der Waals surface area contributed by atoms with E-state index in [4.69, 9.17) is 5.73 Å². The van der Waals surface area contributed by atoms with Gasteiger partial charge in [-0.3, -0.25) is 4.79 Å². The lowest BCUT2D eigenvalue weighted by Gasteiger charge is -2.38. The zero-order valence-electron chi connectivity index (χ0n) is 12.2. The summed E-state index contributed by atoms with van der Waals surface area (Å²) in [5.41, 5.74) is 6.88. The van der Waals surface area contributed by atoms with Crippen LogP contribution in [0.5, 0.6) is 0 Å². The Balaban J connectivity index is 2.29. The van der Waals surface area contributed by atoms with Crippen LogP contribution < -0.4 is 5.73 Å². The number of nitrogens with zero attached hydrogens (tertiary/aromatic N) is 1. The molecule has 1 fully saturated rings. The molecule has 3 nitrogen and oxygen atoms in total. The number of benzene rings is 1. The Morgan fingerprint density at radius 3 is 2.90 bits per heavy atom. The molecule has 2 atom stereocenters. The van der Waals surface area contributed by atoms with Crippen LogP contribution in [0, 0.1) is 17.8 Å². The first-order chi connectivity index (χ1) is 9.65. The summed E-state index contributed by atoms with van der Waals surface area (Å²) in [6.07, 6.45) is 2.27. The van der Waals surface area contributed by atoms with Gasteiger partial charge in [0, 0.05) is 18.2 Å². The summed E-state index contributed by atoms with van der Waals surface area (Å²) in [6, 6.07) is 7.81. The number of likely N-dealkylation sites (tertiary alicyclic amines) is 1. The third-order valence-corrected chi connectivity index (χ3v) is 4.12. The van der Waals surface area contributed by atoms with Gasteiger partial charge < -0.3 is 10.6 Å². The first-order valence-electron chi connectivity index (χ1n) is 7.24. The van der Waals surface area contributed by atoms with Gasteiger partial charge in [0.15, 0.2) is 0 Å². The van der Waals surface area contributed by atoms with Crippen molar-refractivity contribution >= 4 is 5.91 Å². The fourth-order valence-electron chi connectivity index (χ4n) is 2.70. The predicted octanol–water partition coefficient (Wildman–Crippen LogP) is 2.26. The van der Waals surface area contributed by atoms with Crippen LogP contribution in [0.3, 0.4) is 0 Å². The zero-order chi connectivity index (χ0) is 14.5. The summed E-state index contributed by atoms with van der Waals surface area (Å²) < 4.78 is 0. The Bertz CT molecular complexity index is 541.